The van der Waals surface area contributed by atoms with E-state index < -0.39 is 109 Å². The lowest BCUT2D eigenvalue weighted by Gasteiger charge is -2.23. The number of amides is 1. The van der Waals surface area contributed by atoms with Gasteiger partial charge in [0.05, 0.1) is 15.6 Å². The second-order valence-corrected chi connectivity index (χ2v) is 11.9. The van der Waals surface area contributed by atoms with Crippen LogP contribution in [0, 0.1) is 11.3 Å². The molecule has 1 aromatic carbocycles. The average molecular weight is 812 g/mol. The van der Waals surface area contributed by atoms with Crippen molar-refractivity contribution in [3.8, 4) is 11.8 Å². The number of anilines is 1. The number of benzene rings is 1. The standard InChI is InChI=1S/C23H20Cl2F6N4O7S.C6H10O3/c1-4-16(36)40-9-12(42-17(37)5-2)10-41-21(38)34(3)20-19(43(39)23(29,30)31)15(8-32)33-35(20)18-13(24)6-11(7-14(18)25)22(26,27)28;1-3-5(7)9-6(8)4-2/h6-7,12H,4-5,9-10H2,1-3H3;3-4H2,1-2H3. The van der Waals surface area contributed by atoms with Crippen LogP contribution in [0.4, 0.5) is 37.0 Å². The number of ether oxygens (including phenoxy) is 4. The zero-order valence-electron chi connectivity index (χ0n) is 27.8. The zero-order valence-corrected chi connectivity index (χ0v) is 30.1. The van der Waals surface area contributed by atoms with Crippen molar-refractivity contribution in [1.82, 2.24) is 9.78 Å². The Morgan fingerprint density at radius 1 is 0.885 bits per heavy atom. The molecule has 0 radical (unpaired) electrons. The van der Waals surface area contributed by atoms with Gasteiger partial charge in [-0.3, -0.25) is 24.1 Å². The fourth-order valence-corrected chi connectivity index (χ4v) is 4.96. The van der Waals surface area contributed by atoms with E-state index in [0.717, 1.165) is 7.05 Å². The molecule has 2 aromatic rings. The van der Waals surface area contributed by atoms with Gasteiger partial charge in [0, 0.05) is 32.7 Å². The van der Waals surface area contributed by atoms with Crippen LogP contribution < -0.4 is 4.90 Å². The van der Waals surface area contributed by atoms with Gasteiger partial charge in [-0.25, -0.2) is 13.7 Å². The number of nitrogens with zero attached hydrogens (tertiary/aromatic N) is 4. The number of hydrogen-bond acceptors (Lipinski definition) is 12. The van der Waals surface area contributed by atoms with Gasteiger partial charge in [-0.05, 0) is 12.1 Å². The number of carbonyl (C=O) groups is 5. The molecule has 0 aliphatic rings. The maximum atomic E-state index is 13.6. The minimum absolute atomic E-state index is 0.0453. The Morgan fingerprint density at radius 3 is 1.79 bits per heavy atom. The van der Waals surface area contributed by atoms with E-state index >= 15 is 0 Å². The van der Waals surface area contributed by atoms with Crippen molar-refractivity contribution >= 4 is 69.8 Å². The van der Waals surface area contributed by atoms with E-state index in [1.165, 1.54) is 19.9 Å². The lowest BCUT2D eigenvalue weighted by Crippen LogP contribution is -2.35. The van der Waals surface area contributed by atoms with E-state index in [1.807, 2.05) is 0 Å². The first-order valence-corrected chi connectivity index (χ1v) is 16.5. The van der Waals surface area contributed by atoms with Gasteiger partial charge >= 0.3 is 41.7 Å². The van der Waals surface area contributed by atoms with Gasteiger partial charge in [0.15, 0.2) is 28.4 Å². The van der Waals surface area contributed by atoms with Crippen molar-refractivity contribution in [2.24, 2.45) is 0 Å². The number of aromatic nitrogens is 2. The van der Waals surface area contributed by atoms with Crippen LogP contribution in [0.2, 0.25) is 10.0 Å². The molecule has 1 aromatic heterocycles. The van der Waals surface area contributed by atoms with Crippen LogP contribution in [0.3, 0.4) is 0 Å². The lowest BCUT2D eigenvalue weighted by atomic mass is 10.2. The highest BCUT2D eigenvalue weighted by molar-refractivity contribution is 7.86. The maximum Gasteiger partial charge on any atom is 0.476 e. The summed E-state index contributed by atoms with van der Waals surface area (Å²) in [6.45, 7) is 4.83. The summed E-state index contributed by atoms with van der Waals surface area (Å²) in [6, 6.07) is 2.01. The Morgan fingerprint density at radius 2 is 1.37 bits per heavy atom. The average Bonchev–Trinajstić information content (AvgIpc) is 3.45. The van der Waals surface area contributed by atoms with Gasteiger partial charge in [0.2, 0.25) is 0 Å². The van der Waals surface area contributed by atoms with Crippen molar-refractivity contribution in [3.05, 3.63) is 33.4 Å². The van der Waals surface area contributed by atoms with E-state index in [-0.39, 0.29) is 25.7 Å². The molecule has 23 heteroatoms. The van der Waals surface area contributed by atoms with Gasteiger partial charge in [-0.2, -0.15) is 36.7 Å². The molecule has 0 N–H and O–H groups in total. The Hall–Kier alpha value is -4.42. The van der Waals surface area contributed by atoms with E-state index in [0.29, 0.717) is 21.7 Å². The fourth-order valence-electron chi connectivity index (χ4n) is 3.43. The highest BCUT2D eigenvalue weighted by Gasteiger charge is 2.45. The molecule has 1 amide bonds. The molecular weight excluding hydrogens is 781 g/mol. The van der Waals surface area contributed by atoms with Gasteiger partial charge in [0.25, 0.3) is 0 Å². The summed E-state index contributed by atoms with van der Waals surface area (Å²) in [5, 5.41) is 11.4. The molecule has 52 heavy (non-hydrogen) atoms. The quantitative estimate of drug-likeness (QED) is 0.0994. The van der Waals surface area contributed by atoms with Crippen LogP contribution in [0.15, 0.2) is 17.0 Å². The van der Waals surface area contributed by atoms with Crippen LogP contribution in [-0.2, 0) is 55.1 Å². The van der Waals surface area contributed by atoms with Crippen LogP contribution in [0.1, 0.15) is 64.6 Å². The number of esters is 4. The summed E-state index contributed by atoms with van der Waals surface area (Å²) >= 11 is 12.0. The van der Waals surface area contributed by atoms with Crippen LogP contribution in [0.5, 0.6) is 0 Å². The predicted molar refractivity (Wildman–Crippen MR) is 169 cm³/mol. The predicted octanol–water partition coefficient (Wildman–Crippen LogP) is 6.42. The second kappa shape index (κ2) is 20.0. The van der Waals surface area contributed by atoms with Gasteiger partial charge in [0.1, 0.15) is 29.9 Å². The van der Waals surface area contributed by atoms with Crippen molar-refractivity contribution in [2.75, 3.05) is 25.2 Å². The number of carbonyl (C=O) groups excluding carboxylic acids is 5. The molecule has 1 heterocycles. The summed E-state index contributed by atoms with van der Waals surface area (Å²) in [6.07, 6.45) is -7.47. The summed E-state index contributed by atoms with van der Waals surface area (Å²) in [5.74, 6) is -3.45. The van der Waals surface area contributed by atoms with E-state index in [2.05, 4.69) is 9.84 Å². The molecule has 2 atom stereocenters. The minimum atomic E-state index is -5.50. The topological polar surface area (TPSA) is 184 Å². The normalized spacial score (nSPS) is 12.3. The van der Waals surface area contributed by atoms with Crippen LogP contribution >= 0.6 is 23.2 Å². The molecule has 0 aliphatic heterocycles. The van der Waals surface area contributed by atoms with Crippen LogP contribution in [-0.4, -0.2) is 75.8 Å². The molecule has 0 bridgehead atoms. The molecule has 14 nitrogen and oxygen atoms in total. The molecule has 0 spiro atoms. The van der Waals surface area contributed by atoms with Gasteiger partial charge in [-0.1, -0.05) is 50.9 Å². The first-order valence-electron chi connectivity index (χ1n) is 14.6. The SMILES string of the molecule is CCC(=O)OC(=O)CC.CCC(=O)OCC(COC(=O)N(C)c1c(S(=O)C(F)(F)F)c(C#N)nn1-c1c(Cl)cc(C(F)(F)F)cc1Cl)OC(=O)CC. The Kier molecular flexibility index (Phi) is 17.5. The highest BCUT2D eigenvalue weighted by atomic mass is 35.5. The van der Waals surface area contributed by atoms with Crippen LogP contribution in [0.25, 0.3) is 5.69 Å². The van der Waals surface area contributed by atoms with Crippen molar-refractivity contribution in [1.29, 1.82) is 5.26 Å². The van der Waals surface area contributed by atoms with Crippen molar-refractivity contribution in [3.63, 3.8) is 0 Å². The molecule has 288 valence electrons. The zero-order chi connectivity index (χ0) is 40.1. The van der Waals surface area contributed by atoms with E-state index in [4.69, 9.17) is 37.4 Å². The highest BCUT2D eigenvalue weighted by Crippen LogP contribution is 2.42. The first-order chi connectivity index (χ1) is 24.1. The second-order valence-electron chi connectivity index (χ2n) is 9.72. The molecule has 0 fully saturated rings. The Balaban J connectivity index is 0.00000132. The number of rotatable bonds is 12. The molecule has 0 aliphatic carbocycles. The fraction of sp³-hybridized carbons (Fsp3) is 0.483. The summed E-state index contributed by atoms with van der Waals surface area (Å²) < 4.78 is 113. The third-order valence-corrected chi connectivity index (χ3v) is 7.71. The first kappa shape index (κ1) is 45.6. The molecule has 2 unspecified atom stereocenters. The number of nitriles is 1. The molecule has 2 rings (SSSR count). The third kappa shape index (κ3) is 13.0. The lowest BCUT2D eigenvalue weighted by molar-refractivity contribution is -0.161. The summed E-state index contributed by atoms with van der Waals surface area (Å²) in [5.41, 5.74) is -8.69. The van der Waals surface area contributed by atoms with Crippen molar-refractivity contribution in [2.45, 2.75) is 76.1 Å². The monoisotopic (exact) mass is 810 g/mol. The molecule has 0 saturated carbocycles. The largest absolute Gasteiger partial charge is 0.476 e. The summed E-state index contributed by atoms with van der Waals surface area (Å²) in [7, 11) is -3.23. The number of hydrogen-bond donors (Lipinski definition) is 0. The molecule has 0 saturated heterocycles. The maximum absolute atomic E-state index is 13.6. The van der Waals surface area contributed by atoms with Gasteiger partial charge in [-0.15, -0.1) is 0 Å². The van der Waals surface area contributed by atoms with Crippen molar-refractivity contribution < 1.29 is 73.5 Å². The van der Waals surface area contributed by atoms with E-state index in [9.17, 15) is 59.8 Å². The Labute approximate surface area is 304 Å². The van der Waals surface area contributed by atoms with E-state index in [1.54, 1.807) is 13.8 Å². The Bertz CT molecular complexity index is 1680. The van der Waals surface area contributed by atoms with Gasteiger partial charge < -0.3 is 18.9 Å². The number of halogens is 8. The minimum Gasteiger partial charge on any atom is -0.462 e. The molecular formula is C29H30Cl2F6N4O10S. The third-order valence-electron chi connectivity index (χ3n) is 5.97. The summed E-state index contributed by atoms with van der Waals surface area (Å²) in [4.78, 5) is 55.8. The smallest absolute Gasteiger partial charge is 0.462 e. The number of alkyl halides is 6.